The molecule has 3 aromatic rings. The molecular weight excluding hydrogens is 398 g/mol. The first-order valence-corrected chi connectivity index (χ1v) is 11.2. The van der Waals surface area contributed by atoms with E-state index in [4.69, 9.17) is 0 Å². The van der Waals surface area contributed by atoms with Gasteiger partial charge in [0.05, 0.1) is 6.04 Å². The van der Waals surface area contributed by atoms with Crippen molar-refractivity contribution in [2.24, 2.45) is 0 Å². The monoisotopic (exact) mass is 425 g/mol. The van der Waals surface area contributed by atoms with Crippen LogP contribution in [0, 0.1) is 6.92 Å². The Morgan fingerprint density at radius 1 is 1.10 bits per heavy atom. The average Bonchev–Trinajstić information content (AvgIpc) is 3.14. The predicted octanol–water partition coefficient (Wildman–Crippen LogP) is 3.11. The molecule has 2 atom stereocenters. The Kier molecular flexibility index (Phi) is 7.54. The minimum absolute atomic E-state index is 0.217. The molecule has 1 aromatic heterocycles. The third-order valence-electron chi connectivity index (χ3n) is 5.04. The lowest BCUT2D eigenvalue weighted by Gasteiger charge is -2.21. The molecular formula is C23H27N3O3S. The van der Waals surface area contributed by atoms with E-state index < -0.39 is 18.1 Å². The minimum Gasteiger partial charge on any atom is -0.480 e. The fraction of sp³-hybridized carbons (Fsp3) is 0.304. The molecule has 0 spiro atoms. The summed E-state index contributed by atoms with van der Waals surface area (Å²) in [5.74, 6) is -0.796. The lowest BCUT2D eigenvalue weighted by Crippen LogP contribution is -2.51. The molecule has 1 amide bonds. The average molecular weight is 426 g/mol. The Labute approximate surface area is 180 Å². The highest BCUT2D eigenvalue weighted by Crippen LogP contribution is 2.19. The van der Waals surface area contributed by atoms with Gasteiger partial charge in [-0.05, 0) is 30.4 Å². The van der Waals surface area contributed by atoms with Crippen LogP contribution in [-0.2, 0) is 22.6 Å². The van der Waals surface area contributed by atoms with Gasteiger partial charge in [-0.3, -0.25) is 4.79 Å². The van der Waals surface area contributed by atoms with Gasteiger partial charge in [0.1, 0.15) is 6.04 Å². The van der Waals surface area contributed by atoms with Crippen molar-refractivity contribution >= 4 is 34.5 Å². The number of hydrogen-bond donors (Lipinski definition) is 4. The Morgan fingerprint density at radius 2 is 1.83 bits per heavy atom. The number of carbonyl (C=O) groups excluding carboxylic acids is 1. The summed E-state index contributed by atoms with van der Waals surface area (Å²) in [4.78, 5) is 27.8. The molecule has 0 fully saturated rings. The van der Waals surface area contributed by atoms with E-state index in [9.17, 15) is 14.7 Å². The third-order valence-corrected chi connectivity index (χ3v) is 5.70. The van der Waals surface area contributed by atoms with E-state index in [1.807, 2.05) is 67.9 Å². The second kappa shape index (κ2) is 10.3. The van der Waals surface area contributed by atoms with Crippen molar-refractivity contribution in [3.05, 3.63) is 71.4 Å². The van der Waals surface area contributed by atoms with Gasteiger partial charge in [-0.2, -0.15) is 11.8 Å². The summed E-state index contributed by atoms with van der Waals surface area (Å²) < 4.78 is 0. The number of fused-ring (bicyclic) bond motifs is 1. The summed E-state index contributed by atoms with van der Waals surface area (Å²) in [7, 11) is 0. The third kappa shape index (κ3) is 5.64. The summed E-state index contributed by atoms with van der Waals surface area (Å²) in [6.07, 6.45) is 3.95. The van der Waals surface area contributed by atoms with Gasteiger partial charge in [-0.15, -0.1) is 0 Å². The highest BCUT2D eigenvalue weighted by Gasteiger charge is 2.26. The number of aryl methyl sites for hydroxylation is 1. The second-order valence-corrected chi connectivity index (χ2v) is 8.25. The highest BCUT2D eigenvalue weighted by molar-refractivity contribution is 7.98. The van der Waals surface area contributed by atoms with Crippen LogP contribution in [0.1, 0.15) is 16.7 Å². The number of carbonyl (C=O) groups is 2. The van der Waals surface area contributed by atoms with Gasteiger partial charge >= 0.3 is 5.97 Å². The van der Waals surface area contributed by atoms with E-state index in [0.717, 1.165) is 22.0 Å². The Balaban J connectivity index is 1.66. The molecule has 0 saturated heterocycles. The first kappa shape index (κ1) is 21.9. The smallest absolute Gasteiger partial charge is 0.326 e. The molecule has 0 radical (unpaired) electrons. The van der Waals surface area contributed by atoms with E-state index in [2.05, 4.69) is 15.6 Å². The number of rotatable bonds is 10. The van der Waals surface area contributed by atoms with Crippen LogP contribution in [0.3, 0.4) is 0 Å². The molecule has 0 saturated carbocycles. The van der Waals surface area contributed by atoms with Gasteiger partial charge in [0.2, 0.25) is 5.91 Å². The Morgan fingerprint density at radius 3 is 2.53 bits per heavy atom. The molecule has 4 N–H and O–H groups in total. The number of hydrogen-bond acceptors (Lipinski definition) is 4. The molecule has 0 unspecified atom stereocenters. The quantitative estimate of drug-likeness (QED) is 0.400. The Bertz CT molecular complexity index is 1000. The van der Waals surface area contributed by atoms with Crippen molar-refractivity contribution in [2.45, 2.75) is 32.0 Å². The van der Waals surface area contributed by atoms with Crippen LogP contribution < -0.4 is 10.6 Å². The first-order chi connectivity index (χ1) is 14.5. The van der Waals surface area contributed by atoms with Crippen LogP contribution in [-0.4, -0.2) is 46.1 Å². The van der Waals surface area contributed by atoms with Crippen molar-refractivity contribution < 1.29 is 14.7 Å². The molecule has 0 aliphatic rings. The van der Waals surface area contributed by atoms with Crippen LogP contribution in [0.15, 0.2) is 54.7 Å². The van der Waals surface area contributed by atoms with Crippen molar-refractivity contribution in [1.82, 2.24) is 15.6 Å². The molecule has 7 heteroatoms. The summed E-state index contributed by atoms with van der Waals surface area (Å²) in [5.41, 5.74) is 4.07. The van der Waals surface area contributed by atoms with Gasteiger partial charge in [-0.25, -0.2) is 4.79 Å². The fourth-order valence-electron chi connectivity index (χ4n) is 3.33. The molecule has 6 nitrogen and oxygen atoms in total. The van der Waals surface area contributed by atoms with Crippen molar-refractivity contribution in [1.29, 1.82) is 0 Å². The molecule has 1 heterocycles. The maximum atomic E-state index is 12.9. The van der Waals surface area contributed by atoms with E-state index in [1.165, 1.54) is 5.56 Å². The second-order valence-electron chi connectivity index (χ2n) is 7.34. The van der Waals surface area contributed by atoms with Crippen LogP contribution in [0.2, 0.25) is 0 Å². The number of carboxylic acid groups (broad SMARTS) is 1. The number of para-hydroxylation sites is 1. The van der Waals surface area contributed by atoms with Crippen molar-refractivity contribution in [3.8, 4) is 0 Å². The number of thioether (sulfide) groups is 1. The molecule has 30 heavy (non-hydrogen) atoms. The topological polar surface area (TPSA) is 94.2 Å². The van der Waals surface area contributed by atoms with E-state index in [0.29, 0.717) is 12.3 Å². The molecule has 0 aliphatic heterocycles. The van der Waals surface area contributed by atoms with Crippen LogP contribution in [0.4, 0.5) is 0 Å². The first-order valence-electron chi connectivity index (χ1n) is 9.84. The van der Waals surface area contributed by atoms with Gasteiger partial charge in [0.15, 0.2) is 0 Å². The number of carboxylic acids is 1. The summed E-state index contributed by atoms with van der Waals surface area (Å²) in [5, 5.41) is 16.6. The SMILES string of the molecule is CSC[C@H](NCc1ccc(C)cc1)C(=O)N[C@@H](Cc1c[nH]c2ccccc12)C(=O)O. The summed E-state index contributed by atoms with van der Waals surface area (Å²) in [6.45, 7) is 2.57. The number of nitrogens with one attached hydrogen (secondary N) is 3. The number of amides is 1. The van der Waals surface area contributed by atoms with Crippen LogP contribution in [0.5, 0.6) is 0 Å². The molecule has 0 bridgehead atoms. The lowest BCUT2D eigenvalue weighted by atomic mass is 10.0. The molecule has 2 aromatic carbocycles. The van der Waals surface area contributed by atoms with E-state index in [1.54, 1.807) is 11.8 Å². The van der Waals surface area contributed by atoms with Crippen LogP contribution >= 0.6 is 11.8 Å². The zero-order valence-corrected chi connectivity index (χ0v) is 18.0. The van der Waals surface area contributed by atoms with Gasteiger partial charge in [0.25, 0.3) is 0 Å². The number of aliphatic carboxylic acids is 1. The standard InChI is InChI=1S/C23H27N3O3S/c1-15-7-9-16(10-8-15)12-24-21(14-30-2)22(27)26-20(23(28)29)11-17-13-25-19-6-4-3-5-18(17)19/h3-10,13,20-21,24-25H,11-12,14H2,1-2H3,(H,26,27)(H,28,29)/t20-,21-/m0/s1. The molecule has 3 rings (SSSR count). The Hall–Kier alpha value is -2.77. The number of benzene rings is 2. The van der Waals surface area contributed by atoms with Gasteiger partial charge in [0, 0.05) is 35.8 Å². The van der Waals surface area contributed by atoms with Crippen molar-refractivity contribution in [3.63, 3.8) is 0 Å². The predicted molar refractivity (Wildman–Crippen MR) is 122 cm³/mol. The zero-order valence-electron chi connectivity index (χ0n) is 17.1. The van der Waals surface area contributed by atoms with E-state index in [-0.39, 0.29) is 12.3 Å². The number of aromatic nitrogens is 1. The largest absolute Gasteiger partial charge is 0.480 e. The van der Waals surface area contributed by atoms with Crippen LogP contribution in [0.25, 0.3) is 10.9 Å². The summed E-state index contributed by atoms with van der Waals surface area (Å²) in [6, 6.07) is 14.3. The molecule has 158 valence electrons. The highest BCUT2D eigenvalue weighted by atomic mass is 32.2. The maximum Gasteiger partial charge on any atom is 0.326 e. The normalized spacial score (nSPS) is 13.1. The van der Waals surface area contributed by atoms with E-state index >= 15 is 0 Å². The minimum atomic E-state index is -1.05. The maximum absolute atomic E-state index is 12.9. The zero-order chi connectivity index (χ0) is 21.5. The number of aromatic amines is 1. The summed E-state index contributed by atoms with van der Waals surface area (Å²) >= 11 is 1.54. The van der Waals surface area contributed by atoms with Crippen molar-refractivity contribution in [2.75, 3.05) is 12.0 Å². The fourth-order valence-corrected chi connectivity index (χ4v) is 3.94. The molecule has 0 aliphatic carbocycles. The van der Waals surface area contributed by atoms with Gasteiger partial charge < -0.3 is 20.7 Å². The van der Waals surface area contributed by atoms with Gasteiger partial charge in [-0.1, -0.05) is 48.0 Å². The lowest BCUT2D eigenvalue weighted by molar-refractivity contribution is -0.142. The number of H-pyrrole nitrogens is 1.